The molecule has 0 saturated carbocycles. The van der Waals surface area contributed by atoms with Gasteiger partial charge in [0.05, 0.1) is 32.8 Å². The third-order valence-electron chi connectivity index (χ3n) is 3.82. The van der Waals surface area contributed by atoms with Crippen molar-refractivity contribution in [1.29, 1.82) is 0 Å². The van der Waals surface area contributed by atoms with E-state index in [9.17, 15) is 18.4 Å². The Morgan fingerprint density at radius 1 is 1.30 bits per heavy atom. The summed E-state index contributed by atoms with van der Waals surface area (Å²) in [6.45, 7) is 1.54. The van der Waals surface area contributed by atoms with E-state index in [1.54, 1.807) is 18.2 Å². The van der Waals surface area contributed by atoms with Crippen LogP contribution in [0.1, 0.15) is 5.56 Å². The highest BCUT2D eigenvalue weighted by atomic mass is 35.5. The highest BCUT2D eigenvalue weighted by Crippen LogP contribution is 2.37. The number of fused-ring (bicyclic) bond motifs is 1. The Bertz CT molecular complexity index is 1070. The standard InChI is InChI=1S/C18H14ClF2N3O2S/c1-10-4-2-5-11-15(10)22-9-24(17(11)26)8-14(25)23-13-7-3-6-12(19)16(13)27-18(20)21/h2-7,9,18H,8H2,1H3,(H,23,25). The van der Waals surface area contributed by atoms with Crippen LogP contribution in [-0.4, -0.2) is 21.2 Å². The fourth-order valence-corrected chi connectivity index (χ4v) is 3.52. The van der Waals surface area contributed by atoms with Crippen molar-refractivity contribution in [3.05, 3.63) is 63.7 Å². The van der Waals surface area contributed by atoms with Gasteiger partial charge < -0.3 is 5.32 Å². The Balaban J connectivity index is 1.85. The number of nitrogens with one attached hydrogen (secondary N) is 1. The van der Waals surface area contributed by atoms with Gasteiger partial charge >= 0.3 is 0 Å². The summed E-state index contributed by atoms with van der Waals surface area (Å²) in [5, 5.41) is 3.04. The number of aryl methyl sites for hydroxylation is 1. The third-order valence-corrected chi connectivity index (χ3v) is 5.10. The number of amides is 1. The predicted molar refractivity (Wildman–Crippen MR) is 103 cm³/mol. The van der Waals surface area contributed by atoms with E-state index in [2.05, 4.69) is 10.3 Å². The van der Waals surface area contributed by atoms with Crippen molar-refractivity contribution in [2.75, 3.05) is 5.32 Å². The third kappa shape index (κ3) is 4.28. The number of thioether (sulfide) groups is 1. The second-order valence-electron chi connectivity index (χ2n) is 5.69. The lowest BCUT2D eigenvalue weighted by Crippen LogP contribution is -2.28. The van der Waals surface area contributed by atoms with Crippen molar-refractivity contribution in [3.63, 3.8) is 0 Å². The van der Waals surface area contributed by atoms with Gasteiger partial charge in [-0.3, -0.25) is 14.2 Å². The van der Waals surface area contributed by atoms with E-state index >= 15 is 0 Å². The number of anilines is 1. The van der Waals surface area contributed by atoms with E-state index < -0.39 is 11.7 Å². The summed E-state index contributed by atoms with van der Waals surface area (Å²) in [6, 6.07) is 9.69. The van der Waals surface area contributed by atoms with Crippen LogP contribution < -0.4 is 10.9 Å². The summed E-state index contributed by atoms with van der Waals surface area (Å²) < 4.78 is 26.6. The van der Waals surface area contributed by atoms with Crippen molar-refractivity contribution >= 4 is 45.9 Å². The van der Waals surface area contributed by atoms with Gasteiger partial charge in [-0.1, -0.05) is 41.6 Å². The summed E-state index contributed by atoms with van der Waals surface area (Å²) >= 11 is 6.20. The molecule has 1 amide bonds. The molecule has 0 aliphatic heterocycles. The molecule has 1 N–H and O–H groups in total. The first-order valence-corrected chi connectivity index (χ1v) is 9.10. The molecule has 0 saturated heterocycles. The lowest BCUT2D eigenvalue weighted by Gasteiger charge is -2.13. The predicted octanol–water partition coefficient (Wildman–Crippen LogP) is 4.31. The SMILES string of the molecule is Cc1cccc2c(=O)n(CC(=O)Nc3cccc(Cl)c3SC(F)F)cnc12. The van der Waals surface area contributed by atoms with E-state index in [0.717, 1.165) is 5.56 Å². The van der Waals surface area contributed by atoms with Gasteiger partial charge in [-0.15, -0.1) is 0 Å². The molecule has 0 radical (unpaired) electrons. The fourth-order valence-electron chi connectivity index (χ4n) is 2.61. The molecule has 0 atom stereocenters. The molecular formula is C18H14ClF2N3O2S. The maximum atomic E-state index is 12.7. The molecule has 1 aromatic heterocycles. The summed E-state index contributed by atoms with van der Waals surface area (Å²) in [4.78, 5) is 29.2. The van der Waals surface area contributed by atoms with E-state index in [1.165, 1.54) is 23.0 Å². The number of alkyl halides is 2. The zero-order chi connectivity index (χ0) is 19.6. The van der Waals surface area contributed by atoms with Crippen LogP contribution in [-0.2, 0) is 11.3 Å². The molecule has 0 aliphatic carbocycles. The lowest BCUT2D eigenvalue weighted by molar-refractivity contribution is -0.116. The van der Waals surface area contributed by atoms with Crippen LogP contribution in [0.4, 0.5) is 14.5 Å². The van der Waals surface area contributed by atoms with Crippen molar-refractivity contribution in [2.45, 2.75) is 24.1 Å². The van der Waals surface area contributed by atoms with Gasteiger partial charge in [0.1, 0.15) is 6.54 Å². The Kier molecular flexibility index (Phi) is 5.76. The normalized spacial score (nSPS) is 11.1. The average Bonchev–Trinajstić information content (AvgIpc) is 2.61. The number of rotatable bonds is 5. The van der Waals surface area contributed by atoms with Gasteiger partial charge in [-0.25, -0.2) is 4.98 Å². The van der Waals surface area contributed by atoms with Gasteiger partial charge in [0, 0.05) is 0 Å². The van der Waals surface area contributed by atoms with Crippen LogP contribution >= 0.6 is 23.4 Å². The molecule has 0 fully saturated rings. The van der Waals surface area contributed by atoms with E-state index in [-0.39, 0.29) is 39.5 Å². The Morgan fingerprint density at radius 2 is 2.04 bits per heavy atom. The summed E-state index contributed by atoms with van der Waals surface area (Å²) in [5.74, 6) is -3.24. The number of nitrogens with zero attached hydrogens (tertiary/aromatic N) is 2. The topological polar surface area (TPSA) is 64.0 Å². The molecule has 3 rings (SSSR count). The van der Waals surface area contributed by atoms with Crippen LogP contribution in [0.2, 0.25) is 5.02 Å². The quantitative estimate of drug-likeness (QED) is 0.638. The Hall–Kier alpha value is -2.45. The van der Waals surface area contributed by atoms with Crippen LogP contribution in [0.3, 0.4) is 0 Å². The maximum Gasteiger partial charge on any atom is 0.289 e. The maximum absolute atomic E-state index is 12.7. The number of hydrogen-bond donors (Lipinski definition) is 1. The van der Waals surface area contributed by atoms with Crippen molar-refractivity contribution < 1.29 is 13.6 Å². The molecule has 0 unspecified atom stereocenters. The Labute approximate surface area is 162 Å². The average molecular weight is 410 g/mol. The number of carbonyl (C=O) groups is 1. The second-order valence-corrected chi connectivity index (χ2v) is 7.10. The van der Waals surface area contributed by atoms with Crippen LogP contribution in [0.15, 0.2) is 52.4 Å². The van der Waals surface area contributed by atoms with Gasteiger partial charge in [0.25, 0.3) is 11.3 Å². The molecule has 0 aliphatic rings. The zero-order valence-electron chi connectivity index (χ0n) is 14.1. The zero-order valence-corrected chi connectivity index (χ0v) is 15.7. The molecular weight excluding hydrogens is 396 g/mol. The molecule has 0 spiro atoms. The molecule has 0 bridgehead atoms. The minimum absolute atomic E-state index is 0.0714. The molecule has 5 nitrogen and oxygen atoms in total. The van der Waals surface area contributed by atoms with Gasteiger partial charge in [-0.2, -0.15) is 8.78 Å². The Morgan fingerprint density at radius 3 is 2.78 bits per heavy atom. The second kappa shape index (κ2) is 8.06. The van der Waals surface area contributed by atoms with Crippen molar-refractivity contribution in [2.24, 2.45) is 0 Å². The lowest BCUT2D eigenvalue weighted by atomic mass is 10.1. The van der Waals surface area contributed by atoms with E-state index in [0.29, 0.717) is 10.9 Å². The first-order valence-electron chi connectivity index (χ1n) is 7.84. The van der Waals surface area contributed by atoms with Crippen molar-refractivity contribution in [1.82, 2.24) is 9.55 Å². The highest BCUT2D eigenvalue weighted by molar-refractivity contribution is 7.99. The molecule has 9 heteroatoms. The highest BCUT2D eigenvalue weighted by Gasteiger charge is 2.16. The first-order chi connectivity index (χ1) is 12.9. The van der Waals surface area contributed by atoms with Gasteiger partial charge in [-0.05, 0) is 30.7 Å². The van der Waals surface area contributed by atoms with E-state index in [1.807, 2.05) is 13.0 Å². The molecule has 3 aromatic rings. The minimum atomic E-state index is -2.68. The van der Waals surface area contributed by atoms with Crippen LogP contribution in [0.5, 0.6) is 0 Å². The number of para-hydroxylation sites is 1. The number of carbonyl (C=O) groups excluding carboxylic acids is 1. The monoisotopic (exact) mass is 409 g/mol. The van der Waals surface area contributed by atoms with Gasteiger partial charge in [0.15, 0.2) is 0 Å². The molecule has 140 valence electrons. The summed E-state index contributed by atoms with van der Waals surface area (Å²) in [7, 11) is 0. The fraction of sp³-hybridized carbons (Fsp3) is 0.167. The number of benzene rings is 2. The number of halogens is 3. The smallest absolute Gasteiger partial charge is 0.289 e. The number of hydrogen-bond acceptors (Lipinski definition) is 4. The summed E-state index contributed by atoms with van der Waals surface area (Å²) in [5.41, 5.74) is 1.24. The van der Waals surface area contributed by atoms with Crippen LogP contribution in [0, 0.1) is 6.92 Å². The minimum Gasteiger partial charge on any atom is -0.323 e. The van der Waals surface area contributed by atoms with Gasteiger partial charge in [0.2, 0.25) is 5.91 Å². The number of aromatic nitrogens is 2. The summed E-state index contributed by atoms with van der Waals surface area (Å²) in [6.07, 6.45) is 1.30. The molecule has 27 heavy (non-hydrogen) atoms. The largest absolute Gasteiger partial charge is 0.323 e. The first kappa shape index (κ1) is 19.3. The molecule has 2 aromatic carbocycles. The van der Waals surface area contributed by atoms with Crippen molar-refractivity contribution in [3.8, 4) is 0 Å². The van der Waals surface area contributed by atoms with E-state index in [4.69, 9.17) is 11.6 Å². The van der Waals surface area contributed by atoms with Crippen LogP contribution in [0.25, 0.3) is 10.9 Å². The molecule has 1 heterocycles.